The summed E-state index contributed by atoms with van der Waals surface area (Å²) in [7, 11) is 3.15. The van der Waals surface area contributed by atoms with Gasteiger partial charge in [-0.1, -0.05) is 6.07 Å². The van der Waals surface area contributed by atoms with E-state index in [2.05, 4.69) is 5.32 Å². The van der Waals surface area contributed by atoms with Crippen molar-refractivity contribution in [1.82, 2.24) is 4.90 Å². The summed E-state index contributed by atoms with van der Waals surface area (Å²) in [5, 5.41) is 2.69. The first-order chi connectivity index (χ1) is 13.4. The lowest BCUT2D eigenvalue weighted by Gasteiger charge is -2.21. The van der Waals surface area contributed by atoms with Crippen LogP contribution >= 0.6 is 0 Å². The zero-order chi connectivity index (χ0) is 20.5. The quantitative estimate of drug-likeness (QED) is 0.716. The number of hydrogen-bond acceptors (Lipinski definition) is 4. The van der Waals surface area contributed by atoms with Gasteiger partial charge in [-0.25, -0.2) is 4.39 Å². The van der Waals surface area contributed by atoms with E-state index in [4.69, 9.17) is 9.47 Å². The van der Waals surface area contributed by atoms with E-state index < -0.39 is 0 Å². The molecule has 6 nitrogen and oxygen atoms in total. The zero-order valence-electron chi connectivity index (χ0n) is 16.3. The summed E-state index contributed by atoms with van der Waals surface area (Å²) in [6.45, 7) is 2.26. The molecule has 0 aliphatic heterocycles. The summed E-state index contributed by atoms with van der Waals surface area (Å²) in [5.41, 5.74) is 1.52. The zero-order valence-corrected chi connectivity index (χ0v) is 16.3. The summed E-state index contributed by atoms with van der Waals surface area (Å²) in [5.74, 6) is 0.579. The van der Waals surface area contributed by atoms with Gasteiger partial charge in [-0.3, -0.25) is 9.59 Å². The van der Waals surface area contributed by atoms with E-state index >= 15 is 0 Å². The summed E-state index contributed by atoms with van der Waals surface area (Å²) in [4.78, 5) is 25.6. The number of ether oxygens (including phenoxy) is 2. The molecule has 0 bridgehead atoms. The fourth-order valence-corrected chi connectivity index (χ4v) is 2.72. The van der Waals surface area contributed by atoms with Gasteiger partial charge in [0.1, 0.15) is 5.82 Å². The maximum atomic E-state index is 12.9. The minimum absolute atomic E-state index is 0.102. The summed E-state index contributed by atoms with van der Waals surface area (Å²) in [6.07, 6.45) is 0.780. The fraction of sp³-hybridized carbons (Fsp3) is 0.333. The number of anilines is 1. The van der Waals surface area contributed by atoms with E-state index in [1.54, 1.807) is 19.1 Å². The average molecular weight is 388 g/mol. The number of halogens is 1. The topological polar surface area (TPSA) is 67.9 Å². The van der Waals surface area contributed by atoms with Gasteiger partial charge >= 0.3 is 0 Å². The molecule has 2 aromatic rings. The van der Waals surface area contributed by atoms with Gasteiger partial charge < -0.3 is 19.7 Å². The highest BCUT2D eigenvalue weighted by molar-refractivity contribution is 5.91. The van der Waals surface area contributed by atoms with E-state index in [1.807, 2.05) is 18.2 Å². The minimum atomic E-state index is -0.365. The van der Waals surface area contributed by atoms with Gasteiger partial charge in [-0.05, 0) is 48.4 Å². The number of rotatable bonds is 9. The highest BCUT2D eigenvalue weighted by atomic mass is 19.1. The van der Waals surface area contributed by atoms with E-state index in [1.165, 1.54) is 31.2 Å². The van der Waals surface area contributed by atoms with E-state index in [9.17, 15) is 14.0 Å². The average Bonchev–Trinajstić information content (AvgIpc) is 2.69. The standard InChI is InChI=1S/C21H25FN2O4/c1-15(25)24(12-10-16-4-9-19(27-2)20(14-16)28-3)13-11-21(26)23-18-7-5-17(22)6-8-18/h4-9,14H,10-13H2,1-3H3,(H,23,26). The Hall–Kier alpha value is -3.09. The molecular weight excluding hydrogens is 363 g/mol. The van der Waals surface area contributed by atoms with Crippen LogP contribution in [0, 0.1) is 5.82 Å². The van der Waals surface area contributed by atoms with Crippen molar-refractivity contribution in [3.05, 3.63) is 53.8 Å². The molecule has 0 aliphatic rings. The second kappa shape index (κ2) is 10.3. The molecule has 0 heterocycles. The molecule has 2 amide bonds. The van der Waals surface area contributed by atoms with Crippen molar-refractivity contribution >= 4 is 17.5 Å². The second-order valence-electron chi connectivity index (χ2n) is 6.25. The van der Waals surface area contributed by atoms with Crippen LogP contribution in [-0.4, -0.2) is 44.0 Å². The highest BCUT2D eigenvalue weighted by Crippen LogP contribution is 2.27. The van der Waals surface area contributed by atoms with Crippen LogP contribution in [0.4, 0.5) is 10.1 Å². The number of nitrogens with zero attached hydrogens (tertiary/aromatic N) is 1. The van der Waals surface area contributed by atoms with Gasteiger partial charge in [0.25, 0.3) is 0 Å². The normalized spacial score (nSPS) is 10.3. The number of benzene rings is 2. The Morgan fingerprint density at radius 3 is 2.29 bits per heavy atom. The number of carbonyl (C=O) groups excluding carboxylic acids is 2. The van der Waals surface area contributed by atoms with Gasteiger partial charge in [0.2, 0.25) is 11.8 Å². The predicted octanol–water partition coefficient (Wildman–Crippen LogP) is 3.26. The lowest BCUT2D eigenvalue weighted by Crippen LogP contribution is -2.33. The largest absolute Gasteiger partial charge is 0.493 e. The van der Waals surface area contributed by atoms with Crippen molar-refractivity contribution in [3.63, 3.8) is 0 Å². The van der Waals surface area contributed by atoms with E-state index in [-0.39, 0.29) is 24.1 Å². The molecular formula is C21H25FN2O4. The van der Waals surface area contributed by atoms with Crippen LogP contribution in [0.25, 0.3) is 0 Å². The minimum Gasteiger partial charge on any atom is -0.493 e. The maximum Gasteiger partial charge on any atom is 0.226 e. The first-order valence-corrected chi connectivity index (χ1v) is 8.94. The summed E-state index contributed by atoms with van der Waals surface area (Å²) in [6, 6.07) is 11.2. The smallest absolute Gasteiger partial charge is 0.226 e. The van der Waals surface area contributed by atoms with Crippen LogP contribution in [0.1, 0.15) is 18.9 Å². The van der Waals surface area contributed by atoms with Crippen LogP contribution in [0.15, 0.2) is 42.5 Å². The second-order valence-corrected chi connectivity index (χ2v) is 6.25. The molecule has 7 heteroatoms. The molecule has 0 radical (unpaired) electrons. The van der Waals surface area contributed by atoms with E-state index in [0.717, 1.165) is 5.56 Å². The first kappa shape index (κ1) is 21.2. The predicted molar refractivity (Wildman–Crippen MR) is 105 cm³/mol. The lowest BCUT2D eigenvalue weighted by molar-refractivity contribution is -0.129. The van der Waals surface area contributed by atoms with Gasteiger partial charge in [0.05, 0.1) is 14.2 Å². The van der Waals surface area contributed by atoms with Crippen molar-refractivity contribution in [1.29, 1.82) is 0 Å². The van der Waals surface area contributed by atoms with Crippen LogP contribution in [0.3, 0.4) is 0 Å². The molecule has 0 atom stereocenters. The van der Waals surface area contributed by atoms with Crippen LogP contribution in [0.5, 0.6) is 11.5 Å². The lowest BCUT2D eigenvalue weighted by atomic mass is 10.1. The molecule has 2 aromatic carbocycles. The Morgan fingerprint density at radius 1 is 1.00 bits per heavy atom. The summed E-state index contributed by atoms with van der Waals surface area (Å²) < 4.78 is 23.4. The number of hydrogen-bond donors (Lipinski definition) is 1. The number of carbonyl (C=O) groups is 2. The van der Waals surface area contributed by atoms with Gasteiger partial charge in [0.15, 0.2) is 11.5 Å². The van der Waals surface area contributed by atoms with Crippen molar-refractivity contribution in [2.75, 3.05) is 32.6 Å². The van der Waals surface area contributed by atoms with Crippen molar-refractivity contribution < 1.29 is 23.5 Å². The van der Waals surface area contributed by atoms with Gasteiger partial charge in [-0.2, -0.15) is 0 Å². The highest BCUT2D eigenvalue weighted by Gasteiger charge is 2.13. The Bertz CT molecular complexity index is 809. The first-order valence-electron chi connectivity index (χ1n) is 8.94. The third-order valence-electron chi connectivity index (χ3n) is 4.30. The summed E-state index contributed by atoms with van der Waals surface area (Å²) >= 11 is 0. The Kier molecular flexibility index (Phi) is 7.80. The van der Waals surface area contributed by atoms with Crippen molar-refractivity contribution in [2.45, 2.75) is 19.8 Å². The van der Waals surface area contributed by atoms with Crippen molar-refractivity contribution in [2.24, 2.45) is 0 Å². The maximum absolute atomic E-state index is 12.9. The molecule has 0 unspecified atom stereocenters. The van der Waals surface area contributed by atoms with Crippen LogP contribution in [-0.2, 0) is 16.0 Å². The van der Waals surface area contributed by atoms with Crippen molar-refractivity contribution in [3.8, 4) is 11.5 Å². The molecule has 0 spiro atoms. The third kappa shape index (κ3) is 6.26. The molecule has 150 valence electrons. The molecule has 1 N–H and O–H groups in total. The number of methoxy groups -OCH3 is 2. The molecule has 0 saturated heterocycles. The molecule has 0 saturated carbocycles. The molecule has 0 fully saturated rings. The molecule has 2 rings (SSSR count). The molecule has 0 aliphatic carbocycles. The molecule has 0 aromatic heterocycles. The van der Waals surface area contributed by atoms with E-state index in [0.29, 0.717) is 36.7 Å². The van der Waals surface area contributed by atoms with Gasteiger partial charge in [0, 0.05) is 32.1 Å². The fourth-order valence-electron chi connectivity index (χ4n) is 2.72. The molecule has 28 heavy (non-hydrogen) atoms. The third-order valence-corrected chi connectivity index (χ3v) is 4.30. The number of amides is 2. The van der Waals surface area contributed by atoms with Gasteiger partial charge in [-0.15, -0.1) is 0 Å². The Balaban J connectivity index is 1.88. The van der Waals surface area contributed by atoms with Crippen LogP contribution in [0.2, 0.25) is 0 Å². The van der Waals surface area contributed by atoms with Crippen LogP contribution < -0.4 is 14.8 Å². The number of nitrogens with one attached hydrogen (secondary N) is 1. The monoisotopic (exact) mass is 388 g/mol. The Labute approximate surface area is 164 Å². The Morgan fingerprint density at radius 2 is 1.68 bits per heavy atom. The SMILES string of the molecule is COc1ccc(CCN(CCC(=O)Nc2ccc(F)cc2)C(C)=O)cc1OC.